The third-order valence-corrected chi connectivity index (χ3v) is 4.33. The van der Waals surface area contributed by atoms with Gasteiger partial charge in [-0.1, -0.05) is 19.3 Å². The molecule has 2 rings (SSSR count). The number of nitrogens with zero attached hydrogens (tertiary/aromatic N) is 1. The van der Waals surface area contributed by atoms with Gasteiger partial charge in [0.2, 0.25) is 5.91 Å². The van der Waals surface area contributed by atoms with Crippen LogP contribution >= 0.6 is 0 Å². The second kappa shape index (κ2) is 6.53. The Morgan fingerprint density at radius 2 is 2.06 bits per heavy atom. The summed E-state index contributed by atoms with van der Waals surface area (Å²) in [7, 11) is 0. The minimum Gasteiger partial charge on any atom is -0.393 e. The highest BCUT2D eigenvalue weighted by atomic mass is 16.3. The summed E-state index contributed by atoms with van der Waals surface area (Å²) in [6.07, 6.45) is 6.47. The van der Waals surface area contributed by atoms with E-state index in [2.05, 4.69) is 5.32 Å². The smallest absolute Gasteiger partial charge is 0.239 e. The molecular weight excluding hydrogens is 228 g/mol. The summed E-state index contributed by atoms with van der Waals surface area (Å²) in [4.78, 5) is 14.4. The van der Waals surface area contributed by atoms with Gasteiger partial charge < -0.3 is 15.3 Å². The van der Waals surface area contributed by atoms with Gasteiger partial charge >= 0.3 is 0 Å². The van der Waals surface area contributed by atoms with Gasteiger partial charge in [-0.15, -0.1) is 0 Å². The van der Waals surface area contributed by atoms with Crippen molar-refractivity contribution in [2.24, 2.45) is 5.92 Å². The molecule has 0 aromatic heterocycles. The van der Waals surface area contributed by atoms with Crippen LogP contribution in [0.3, 0.4) is 0 Å². The molecule has 0 aromatic carbocycles. The average Bonchev–Trinajstić information content (AvgIpc) is 2.77. The molecule has 18 heavy (non-hydrogen) atoms. The third kappa shape index (κ3) is 3.45. The highest BCUT2D eigenvalue weighted by Gasteiger charge is 2.32. The lowest BCUT2D eigenvalue weighted by atomic mass is 10.0. The number of amides is 1. The molecule has 0 radical (unpaired) electrons. The maximum Gasteiger partial charge on any atom is 0.239 e. The van der Waals surface area contributed by atoms with Crippen LogP contribution < -0.4 is 5.32 Å². The SMILES string of the molecule is CC(O)C1CCN(C(=O)C2CCCCCCN2)C1. The molecule has 3 unspecified atom stereocenters. The fourth-order valence-corrected chi connectivity index (χ4v) is 3.02. The van der Waals surface area contributed by atoms with Gasteiger partial charge in [-0.05, 0) is 32.7 Å². The van der Waals surface area contributed by atoms with Crippen LogP contribution in [0.25, 0.3) is 0 Å². The van der Waals surface area contributed by atoms with Crippen molar-refractivity contribution < 1.29 is 9.90 Å². The van der Waals surface area contributed by atoms with Crippen LogP contribution in [-0.4, -0.2) is 47.7 Å². The number of hydrogen-bond acceptors (Lipinski definition) is 3. The first-order valence-corrected chi connectivity index (χ1v) is 7.38. The Labute approximate surface area is 110 Å². The lowest BCUT2D eigenvalue weighted by molar-refractivity contribution is -0.133. The van der Waals surface area contributed by atoms with Crippen LogP contribution in [-0.2, 0) is 4.79 Å². The summed E-state index contributed by atoms with van der Waals surface area (Å²) in [6, 6.07) is 0.0121. The van der Waals surface area contributed by atoms with Gasteiger partial charge in [0.15, 0.2) is 0 Å². The average molecular weight is 254 g/mol. The zero-order valence-electron chi connectivity index (χ0n) is 11.4. The number of likely N-dealkylation sites (tertiary alicyclic amines) is 1. The Morgan fingerprint density at radius 3 is 2.78 bits per heavy atom. The van der Waals surface area contributed by atoms with Crippen LogP contribution in [0.2, 0.25) is 0 Å². The van der Waals surface area contributed by atoms with Crippen LogP contribution in [0.5, 0.6) is 0 Å². The summed E-state index contributed by atoms with van der Waals surface area (Å²) >= 11 is 0. The lowest BCUT2D eigenvalue weighted by Gasteiger charge is -2.26. The van der Waals surface area contributed by atoms with Crippen LogP contribution in [0.1, 0.15) is 45.4 Å². The Kier molecular flexibility index (Phi) is 5.01. The molecular formula is C14H26N2O2. The maximum atomic E-state index is 12.4. The molecule has 2 N–H and O–H groups in total. The van der Waals surface area contributed by atoms with Crippen molar-refractivity contribution in [3.63, 3.8) is 0 Å². The third-order valence-electron chi connectivity index (χ3n) is 4.33. The number of hydrogen-bond donors (Lipinski definition) is 2. The number of carbonyl (C=O) groups is 1. The molecule has 0 spiro atoms. The molecule has 2 heterocycles. The summed E-state index contributed by atoms with van der Waals surface area (Å²) in [5, 5.41) is 13.0. The Bertz CT molecular complexity index is 273. The van der Waals surface area contributed by atoms with E-state index in [1.54, 1.807) is 0 Å². The molecule has 1 amide bonds. The number of aliphatic hydroxyl groups is 1. The topological polar surface area (TPSA) is 52.6 Å². The standard InChI is InChI=1S/C14H26N2O2/c1-11(17)12-7-9-16(10-12)14(18)13-6-4-2-3-5-8-15-13/h11-13,15,17H,2-10H2,1H3. The molecule has 3 atom stereocenters. The van der Waals surface area contributed by atoms with E-state index in [0.717, 1.165) is 38.9 Å². The lowest BCUT2D eigenvalue weighted by Crippen LogP contribution is -2.46. The van der Waals surface area contributed by atoms with E-state index in [0.29, 0.717) is 0 Å². The number of nitrogens with one attached hydrogen (secondary N) is 1. The van der Waals surface area contributed by atoms with Crippen molar-refractivity contribution in [1.82, 2.24) is 10.2 Å². The van der Waals surface area contributed by atoms with E-state index < -0.39 is 0 Å². The van der Waals surface area contributed by atoms with Gasteiger partial charge in [0.1, 0.15) is 0 Å². The van der Waals surface area contributed by atoms with Gasteiger partial charge in [-0.25, -0.2) is 0 Å². The van der Waals surface area contributed by atoms with Crippen molar-refractivity contribution >= 4 is 5.91 Å². The molecule has 2 aliphatic rings. The zero-order valence-corrected chi connectivity index (χ0v) is 11.4. The van der Waals surface area contributed by atoms with Crippen LogP contribution in [0, 0.1) is 5.92 Å². The fraction of sp³-hybridized carbons (Fsp3) is 0.929. The molecule has 104 valence electrons. The molecule has 0 saturated carbocycles. The van der Waals surface area contributed by atoms with E-state index in [-0.39, 0.29) is 24.0 Å². The van der Waals surface area contributed by atoms with Crippen LogP contribution in [0.15, 0.2) is 0 Å². The van der Waals surface area contributed by atoms with Crippen molar-refractivity contribution in [1.29, 1.82) is 0 Å². The van der Waals surface area contributed by atoms with Crippen molar-refractivity contribution in [2.75, 3.05) is 19.6 Å². The zero-order chi connectivity index (χ0) is 13.0. The summed E-state index contributed by atoms with van der Waals surface area (Å²) in [5.41, 5.74) is 0. The number of aliphatic hydroxyl groups excluding tert-OH is 1. The normalized spacial score (nSPS) is 31.8. The van der Waals surface area contributed by atoms with Crippen molar-refractivity contribution in [3.05, 3.63) is 0 Å². The fourth-order valence-electron chi connectivity index (χ4n) is 3.02. The molecule has 2 aliphatic heterocycles. The highest BCUT2D eigenvalue weighted by Crippen LogP contribution is 2.21. The van der Waals surface area contributed by atoms with E-state index in [9.17, 15) is 9.90 Å². The second-order valence-electron chi connectivity index (χ2n) is 5.78. The van der Waals surface area contributed by atoms with Gasteiger partial charge in [-0.2, -0.15) is 0 Å². The predicted octanol–water partition coefficient (Wildman–Crippen LogP) is 1.14. The minimum atomic E-state index is -0.298. The minimum absolute atomic E-state index is 0.0121. The first-order chi connectivity index (χ1) is 8.68. The van der Waals surface area contributed by atoms with Crippen molar-refractivity contribution in [3.8, 4) is 0 Å². The highest BCUT2D eigenvalue weighted by molar-refractivity contribution is 5.82. The Balaban J connectivity index is 1.86. The maximum absolute atomic E-state index is 12.4. The monoisotopic (exact) mass is 254 g/mol. The number of rotatable bonds is 2. The molecule has 2 fully saturated rings. The molecule has 0 aromatic rings. The van der Waals surface area contributed by atoms with Crippen molar-refractivity contribution in [2.45, 2.75) is 57.6 Å². The summed E-state index contributed by atoms with van der Waals surface area (Å²) < 4.78 is 0. The van der Waals surface area contributed by atoms with Gasteiger partial charge in [-0.3, -0.25) is 4.79 Å². The van der Waals surface area contributed by atoms with Gasteiger partial charge in [0.25, 0.3) is 0 Å². The second-order valence-corrected chi connectivity index (χ2v) is 5.78. The summed E-state index contributed by atoms with van der Waals surface area (Å²) in [5.74, 6) is 0.516. The molecule has 4 nitrogen and oxygen atoms in total. The predicted molar refractivity (Wildman–Crippen MR) is 71.2 cm³/mol. The Morgan fingerprint density at radius 1 is 1.28 bits per heavy atom. The molecule has 0 bridgehead atoms. The quantitative estimate of drug-likeness (QED) is 0.777. The molecule has 0 aliphatic carbocycles. The van der Waals surface area contributed by atoms with Gasteiger partial charge in [0.05, 0.1) is 12.1 Å². The largest absolute Gasteiger partial charge is 0.393 e. The first kappa shape index (κ1) is 13.8. The summed E-state index contributed by atoms with van der Waals surface area (Å²) in [6.45, 7) is 4.33. The molecule has 2 saturated heterocycles. The van der Waals surface area contributed by atoms with E-state index in [4.69, 9.17) is 0 Å². The van der Waals surface area contributed by atoms with Crippen LogP contribution in [0.4, 0.5) is 0 Å². The molecule has 4 heteroatoms. The van der Waals surface area contributed by atoms with E-state index in [1.807, 2.05) is 11.8 Å². The van der Waals surface area contributed by atoms with E-state index >= 15 is 0 Å². The number of carbonyl (C=O) groups excluding carboxylic acids is 1. The van der Waals surface area contributed by atoms with E-state index in [1.165, 1.54) is 19.3 Å². The first-order valence-electron chi connectivity index (χ1n) is 7.38. The van der Waals surface area contributed by atoms with Gasteiger partial charge in [0, 0.05) is 19.0 Å². The Hall–Kier alpha value is -0.610.